The van der Waals surface area contributed by atoms with E-state index in [4.69, 9.17) is 0 Å². The lowest BCUT2D eigenvalue weighted by atomic mass is 9.97. The normalized spacial score (nSPS) is 16.9. The van der Waals surface area contributed by atoms with Gasteiger partial charge < -0.3 is 10.2 Å². The molecule has 0 aliphatic carbocycles. The van der Waals surface area contributed by atoms with Gasteiger partial charge in [0, 0.05) is 38.8 Å². The minimum absolute atomic E-state index is 0.163. The second-order valence-electron chi connectivity index (χ2n) is 6.86. The zero-order valence-corrected chi connectivity index (χ0v) is 15.5. The minimum atomic E-state index is -0.223. The third kappa shape index (κ3) is 5.57. The molecule has 144 valence electrons. The summed E-state index contributed by atoms with van der Waals surface area (Å²) in [7, 11) is 0. The molecule has 3 rings (SSSR count). The first-order valence-corrected chi connectivity index (χ1v) is 9.29. The van der Waals surface area contributed by atoms with Crippen LogP contribution in [-0.2, 0) is 11.3 Å². The maximum atomic E-state index is 12.4. The molecule has 27 heavy (non-hydrogen) atoms. The monoisotopic (exact) mass is 371 g/mol. The second kappa shape index (κ2) is 9.20. The van der Waals surface area contributed by atoms with Gasteiger partial charge in [-0.1, -0.05) is 0 Å². The molecule has 2 aromatic rings. The Morgan fingerprint density at radius 2 is 2.19 bits per heavy atom. The van der Waals surface area contributed by atoms with Crippen LogP contribution in [0.25, 0.3) is 0 Å². The number of aryl methyl sites for hydroxylation is 2. The fourth-order valence-electron chi connectivity index (χ4n) is 3.19. The van der Waals surface area contributed by atoms with Gasteiger partial charge in [-0.05, 0) is 32.1 Å². The van der Waals surface area contributed by atoms with E-state index >= 15 is 0 Å². The summed E-state index contributed by atoms with van der Waals surface area (Å²) in [5, 5.41) is 6.95. The number of nitrogens with zero attached hydrogens (tertiary/aromatic N) is 6. The molecular weight excluding hydrogens is 346 g/mol. The Kier molecular flexibility index (Phi) is 6.45. The van der Waals surface area contributed by atoms with Crippen molar-refractivity contribution in [1.82, 2.24) is 34.9 Å². The van der Waals surface area contributed by atoms with Crippen LogP contribution < -0.4 is 5.32 Å². The summed E-state index contributed by atoms with van der Waals surface area (Å²) in [4.78, 5) is 38.6. The number of carbonyl (C=O) groups excluding carboxylic acids is 2. The van der Waals surface area contributed by atoms with Crippen molar-refractivity contribution in [2.75, 3.05) is 19.6 Å². The highest BCUT2D eigenvalue weighted by Crippen LogP contribution is 2.17. The first-order chi connectivity index (χ1) is 13.1. The zero-order chi connectivity index (χ0) is 19.1. The molecule has 9 heteroatoms. The van der Waals surface area contributed by atoms with Gasteiger partial charge in [0.2, 0.25) is 5.91 Å². The van der Waals surface area contributed by atoms with E-state index in [9.17, 15) is 9.59 Å². The summed E-state index contributed by atoms with van der Waals surface area (Å²) in [5.74, 6) is 0.203. The summed E-state index contributed by atoms with van der Waals surface area (Å²) >= 11 is 0. The molecule has 1 fully saturated rings. The van der Waals surface area contributed by atoms with E-state index in [1.165, 1.54) is 12.5 Å². The Labute approximate surface area is 158 Å². The molecule has 1 aliphatic heterocycles. The second-order valence-corrected chi connectivity index (χ2v) is 6.86. The Balaban J connectivity index is 1.41. The molecule has 0 spiro atoms. The molecule has 9 nitrogen and oxygen atoms in total. The van der Waals surface area contributed by atoms with E-state index in [0.29, 0.717) is 31.7 Å². The van der Waals surface area contributed by atoms with Gasteiger partial charge >= 0.3 is 0 Å². The molecule has 1 saturated heterocycles. The summed E-state index contributed by atoms with van der Waals surface area (Å²) in [6.07, 6.45) is 9.41. The number of nitrogens with one attached hydrogen (secondary N) is 1. The van der Waals surface area contributed by atoms with Crippen LogP contribution in [0, 0.1) is 12.8 Å². The lowest BCUT2D eigenvalue weighted by Crippen LogP contribution is -2.43. The topological polar surface area (TPSA) is 106 Å². The fourth-order valence-corrected chi connectivity index (χ4v) is 3.19. The predicted molar refractivity (Wildman–Crippen MR) is 97.7 cm³/mol. The standard InChI is InChI=1S/C18H25N7O2/c1-14-8-21-16(10-20-14)18(27)22-9-15-4-2-6-24(11-15)17(26)5-3-7-25-13-19-12-23-25/h8,10,12-13,15H,2-7,9,11H2,1H3,(H,22,27). The lowest BCUT2D eigenvalue weighted by molar-refractivity contribution is -0.133. The van der Waals surface area contributed by atoms with Gasteiger partial charge in [0.1, 0.15) is 18.3 Å². The van der Waals surface area contributed by atoms with E-state index in [2.05, 4.69) is 25.4 Å². The van der Waals surface area contributed by atoms with Crippen molar-refractivity contribution < 1.29 is 9.59 Å². The third-order valence-electron chi connectivity index (χ3n) is 4.68. The quantitative estimate of drug-likeness (QED) is 0.773. The van der Waals surface area contributed by atoms with Gasteiger partial charge in [-0.15, -0.1) is 0 Å². The van der Waals surface area contributed by atoms with Gasteiger partial charge in [-0.3, -0.25) is 19.3 Å². The van der Waals surface area contributed by atoms with E-state index < -0.39 is 0 Å². The highest BCUT2D eigenvalue weighted by Gasteiger charge is 2.24. The highest BCUT2D eigenvalue weighted by atomic mass is 16.2. The highest BCUT2D eigenvalue weighted by molar-refractivity contribution is 5.91. The van der Waals surface area contributed by atoms with E-state index in [-0.39, 0.29) is 17.7 Å². The maximum absolute atomic E-state index is 12.4. The number of hydrogen-bond donors (Lipinski definition) is 1. The van der Waals surface area contributed by atoms with Crippen molar-refractivity contribution in [3.63, 3.8) is 0 Å². The number of rotatable bonds is 7. The van der Waals surface area contributed by atoms with Gasteiger partial charge in [-0.2, -0.15) is 5.10 Å². The molecule has 1 N–H and O–H groups in total. The van der Waals surface area contributed by atoms with Crippen LogP contribution >= 0.6 is 0 Å². The Morgan fingerprint density at radius 1 is 1.30 bits per heavy atom. The van der Waals surface area contributed by atoms with Crippen LogP contribution in [0.15, 0.2) is 25.0 Å². The number of amides is 2. The van der Waals surface area contributed by atoms with Crippen molar-refractivity contribution in [1.29, 1.82) is 0 Å². The SMILES string of the molecule is Cc1cnc(C(=O)NCC2CCCN(C(=O)CCCn3cncn3)C2)cn1. The third-order valence-corrected chi connectivity index (χ3v) is 4.68. The Hall–Kier alpha value is -2.84. The largest absolute Gasteiger partial charge is 0.350 e. The average Bonchev–Trinajstić information content (AvgIpc) is 3.20. The summed E-state index contributed by atoms with van der Waals surface area (Å²) in [6.45, 7) is 4.53. The van der Waals surface area contributed by atoms with Gasteiger partial charge in [0.15, 0.2) is 0 Å². The lowest BCUT2D eigenvalue weighted by Gasteiger charge is -2.33. The summed E-state index contributed by atoms with van der Waals surface area (Å²) < 4.78 is 1.73. The minimum Gasteiger partial charge on any atom is -0.350 e. The number of carbonyl (C=O) groups is 2. The molecule has 2 aromatic heterocycles. The number of likely N-dealkylation sites (tertiary alicyclic amines) is 1. The van der Waals surface area contributed by atoms with E-state index in [0.717, 1.165) is 31.5 Å². The maximum Gasteiger partial charge on any atom is 0.271 e. The number of aromatic nitrogens is 5. The molecule has 1 unspecified atom stereocenters. The van der Waals surface area contributed by atoms with Crippen molar-refractivity contribution in [2.45, 2.75) is 39.2 Å². The number of hydrogen-bond acceptors (Lipinski definition) is 6. The van der Waals surface area contributed by atoms with Crippen molar-refractivity contribution in [3.8, 4) is 0 Å². The molecule has 0 bridgehead atoms. The molecular formula is C18H25N7O2. The first kappa shape index (κ1) is 18.9. The van der Waals surface area contributed by atoms with Crippen LogP contribution in [0.2, 0.25) is 0 Å². The van der Waals surface area contributed by atoms with Crippen molar-refractivity contribution in [3.05, 3.63) is 36.4 Å². The smallest absolute Gasteiger partial charge is 0.271 e. The van der Waals surface area contributed by atoms with Crippen LogP contribution in [-0.4, -0.2) is 61.1 Å². The Morgan fingerprint density at radius 3 is 2.93 bits per heavy atom. The van der Waals surface area contributed by atoms with Crippen LogP contribution in [0.1, 0.15) is 41.9 Å². The van der Waals surface area contributed by atoms with Crippen LogP contribution in [0.3, 0.4) is 0 Å². The first-order valence-electron chi connectivity index (χ1n) is 9.29. The van der Waals surface area contributed by atoms with Gasteiger partial charge in [-0.25, -0.2) is 9.97 Å². The van der Waals surface area contributed by atoms with E-state index in [1.54, 1.807) is 17.2 Å². The molecule has 1 aliphatic rings. The molecule has 2 amide bonds. The predicted octanol–water partition coefficient (Wildman–Crippen LogP) is 0.825. The summed E-state index contributed by atoms with van der Waals surface area (Å²) in [5.41, 5.74) is 1.09. The average molecular weight is 371 g/mol. The molecule has 0 radical (unpaired) electrons. The zero-order valence-electron chi connectivity index (χ0n) is 15.5. The molecule has 1 atom stereocenters. The van der Waals surface area contributed by atoms with Crippen LogP contribution in [0.4, 0.5) is 0 Å². The number of piperidine rings is 1. The molecule has 0 saturated carbocycles. The van der Waals surface area contributed by atoms with Gasteiger partial charge in [0.05, 0.1) is 11.9 Å². The molecule has 0 aromatic carbocycles. The Bertz CT molecular complexity index is 746. The molecule has 3 heterocycles. The summed E-state index contributed by atoms with van der Waals surface area (Å²) in [6, 6.07) is 0. The van der Waals surface area contributed by atoms with Crippen LogP contribution in [0.5, 0.6) is 0 Å². The van der Waals surface area contributed by atoms with E-state index in [1.807, 2.05) is 11.8 Å². The van der Waals surface area contributed by atoms with Crippen molar-refractivity contribution >= 4 is 11.8 Å². The van der Waals surface area contributed by atoms with Gasteiger partial charge in [0.25, 0.3) is 5.91 Å². The fraction of sp³-hybridized carbons (Fsp3) is 0.556. The van der Waals surface area contributed by atoms with Crippen molar-refractivity contribution in [2.24, 2.45) is 5.92 Å².